The van der Waals surface area contributed by atoms with Gasteiger partial charge in [-0.05, 0) is 59.6 Å². The van der Waals surface area contributed by atoms with Crippen LogP contribution in [0.25, 0.3) is 16.9 Å². The first-order valence-corrected chi connectivity index (χ1v) is 14.7. The number of methoxy groups -OCH3 is 1. The molecule has 0 saturated heterocycles. The van der Waals surface area contributed by atoms with Gasteiger partial charge in [-0.3, -0.25) is 4.99 Å². The number of anilines is 2. The molecule has 1 radical (unpaired) electrons. The molecule has 2 heterocycles. The minimum atomic E-state index is 0. The van der Waals surface area contributed by atoms with E-state index >= 15 is 0 Å². The Balaban J connectivity index is 0.00000137. The smallest absolute Gasteiger partial charge is 0.149 e. The quantitative estimate of drug-likeness (QED) is 0.114. The van der Waals surface area contributed by atoms with Crippen LogP contribution in [0, 0.1) is 54.8 Å². The Morgan fingerprint density at radius 3 is 2.36 bits per heavy atom. The number of H-pyrrole nitrogens is 1. The van der Waals surface area contributed by atoms with E-state index in [2.05, 4.69) is 60.2 Å². The fourth-order valence-corrected chi connectivity index (χ4v) is 4.20. The van der Waals surface area contributed by atoms with E-state index in [0.29, 0.717) is 29.1 Å². The molecule has 45 heavy (non-hydrogen) atoms. The van der Waals surface area contributed by atoms with Crippen molar-refractivity contribution in [1.29, 1.82) is 0 Å². The van der Waals surface area contributed by atoms with Crippen molar-refractivity contribution >= 4 is 17.0 Å². The summed E-state index contributed by atoms with van der Waals surface area (Å²) in [5, 5.41) is 21.3. The van der Waals surface area contributed by atoms with Gasteiger partial charge < -0.3 is 39.0 Å². The van der Waals surface area contributed by atoms with E-state index < -0.39 is 0 Å². The van der Waals surface area contributed by atoms with E-state index in [0.717, 1.165) is 34.8 Å². The molecule has 0 saturated carbocycles. The van der Waals surface area contributed by atoms with Crippen molar-refractivity contribution in [2.75, 3.05) is 17.7 Å². The van der Waals surface area contributed by atoms with Crippen molar-refractivity contribution in [3.05, 3.63) is 122 Å². The average molecular weight is 736 g/mol. The SMILES string of the molecule is C=C(Nc1cccc(CN=c2cc(-c3ccccc3O)[nH]c3[c-]cnn23)c1)Nc1cc(CC)cc(OC)c1.CC.CCC.[CH3-].[Pr]. The van der Waals surface area contributed by atoms with Gasteiger partial charge in [0.05, 0.1) is 19.3 Å². The number of phenols is 1. The summed E-state index contributed by atoms with van der Waals surface area (Å²) >= 11 is 0. The summed E-state index contributed by atoms with van der Waals surface area (Å²) in [6.07, 6.45) is 3.75. The Kier molecular flexibility index (Phi) is 17.9. The molecule has 0 aliphatic heterocycles. The Bertz CT molecular complexity index is 1670. The van der Waals surface area contributed by atoms with Crippen LogP contribution in [0.3, 0.4) is 0 Å². The molecule has 0 unspecified atom stereocenters. The number of hydrogen-bond acceptors (Lipinski definition) is 6. The molecular weight excluding hydrogens is 689 g/mol. The Labute approximate surface area is 301 Å². The molecule has 0 aliphatic carbocycles. The predicted molar refractivity (Wildman–Crippen MR) is 184 cm³/mol. The standard InChI is InChI=1S/C30H29N6O2.C3H8.C2H6.CH3.Pr/c1-4-21-14-24(17-25(16-21)38-3)34-20(2)33-23-9-7-8-22(15-23)19-31-30-18-27(26-10-5-6-11-28(26)37)35-29-12-13-32-36(29)30;1-3-2;1-2;;/h5-11,13-18,33-35,37H,2,4,19H2,1,3H3;3H2,1-2H3;1-2H3;1H3;/q-1;;;-1;. The van der Waals surface area contributed by atoms with Crippen LogP contribution in [0.2, 0.25) is 0 Å². The van der Waals surface area contributed by atoms with Gasteiger partial charge in [0.15, 0.2) is 0 Å². The van der Waals surface area contributed by atoms with Gasteiger partial charge in [0.25, 0.3) is 0 Å². The average Bonchev–Trinajstić information content (AvgIpc) is 3.50. The number of nitrogens with one attached hydrogen (secondary N) is 3. The molecule has 0 amide bonds. The van der Waals surface area contributed by atoms with E-state index in [-0.39, 0.29) is 54.5 Å². The Morgan fingerprint density at radius 2 is 1.67 bits per heavy atom. The van der Waals surface area contributed by atoms with Crippen LogP contribution in [-0.2, 0) is 13.0 Å². The van der Waals surface area contributed by atoms with E-state index in [4.69, 9.17) is 9.73 Å². The maximum absolute atomic E-state index is 10.3. The van der Waals surface area contributed by atoms with Crippen LogP contribution < -0.4 is 20.9 Å². The minimum Gasteiger partial charge on any atom is -0.507 e. The number of fused-ring (bicyclic) bond motifs is 1. The number of aryl methyl sites for hydroxylation is 1. The number of aromatic nitrogens is 3. The zero-order valence-electron chi connectivity index (χ0n) is 27.6. The van der Waals surface area contributed by atoms with Gasteiger partial charge in [0.1, 0.15) is 22.8 Å². The first-order chi connectivity index (χ1) is 20.9. The number of aromatic hydroxyl groups is 1. The first kappa shape index (κ1) is 39.4. The monoisotopic (exact) mass is 735 g/mol. The van der Waals surface area contributed by atoms with Crippen molar-refractivity contribution in [2.24, 2.45) is 4.99 Å². The topological polar surface area (TPSA) is 99.0 Å². The number of rotatable bonds is 9. The van der Waals surface area contributed by atoms with Crippen molar-refractivity contribution < 1.29 is 51.1 Å². The summed E-state index contributed by atoms with van der Waals surface area (Å²) in [4.78, 5) is 8.08. The second-order valence-corrected chi connectivity index (χ2v) is 9.48. The first-order valence-electron chi connectivity index (χ1n) is 14.7. The van der Waals surface area contributed by atoms with Gasteiger partial charge in [-0.25, -0.2) is 9.61 Å². The molecule has 8 nitrogen and oxygen atoms in total. The van der Waals surface area contributed by atoms with E-state index in [1.54, 1.807) is 30.0 Å². The van der Waals surface area contributed by atoms with Crippen LogP contribution in [0.5, 0.6) is 11.5 Å². The maximum atomic E-state index is 10.3. The zero-order chi connectivity index (χ0) is 31.2. The van der Waals surface area contributed by atoms with Crippen molar-refractivity contribution in [3.8, 4) is 22.8 Å². The molecule has 237 valence electrons. The Hall–Kier alpha value is -3.62. The second-order valence-electron chi connectivity index (χ2n) is 9.48. The Morgan fingerprint density at radius 1 is 0.978 bits per heavy atom. The second kappa shape index (κ2) is 20.4. The number of ether oxygens (including phenoxy) is 1. The van der Waals surface area contributed by atoms with E-state index in [1.165, 1.54) is 12.0 Å². The minimum absolute atomic E-state index is 0. The molecule has 0 spiro atoms. The van der Waals surface area contributed by atoms with Crippen molar-refractivity contribution in [3.63, 3.8) is 0 Å². The number of aromatic amines is 1. The fourth-order valence-electron chi connectivity index (χ4n) is 4.20. The number of benzene rings is 3. The predicted octanol–water partition coefficient (Wildman–Crippen LogP) is 8.40. The number of hydrogen-bond donors (Lipinski definition) is 4. The third-order valence-electron chi connectivity index (χ3n) is 6.08. The summed E-state index contributed by atoms with van der Waals surface area (Å²) in [5.41, 5.74) is 6.70. The van der Waals surface area contributed by atoms with Crippen LogP contribution in [0.1, 0.15) is 52.2 Å². The number of nitrogens with zero attached hydrogens (tertiary/aromatic N) is 3. The van der Waals surface area contributed by atoms with Gasteiger partial charge >= 0.3 is 0 Å². The third-order valence-corrected chi connectivity index (χ3v) is 6.08. The fraction of sp³-hybridized carbons (Fsp3) is 0.250. The van der Waals surface area contributed by atoms with E-state index in [9.17, 15) is 5.11 Å². The molecular formula is C36H46N6O2Pr-2. The summed E-state index contributed by atoms with van der Waals surface area (Å²) in [6.45, 7) is 14.9. The van der Waals surface area contributed by atoms with Gasteiger partial charge in [-0.2, -0.15) is 0 Å². The third kappa shape index (κ3) is 11.4. The molecule has 4 N–H and O–H groups in total. The summed E-state index contributed by atoms with van der Waals surface area (Å²) in [6, 6.07) is 26.2. The van der Waals surface area contributed by atoms with Crippen molar-refractivity contribution in [1.82, 2.24) is 14.6 Å². The molecule has 0 bridgehead atoms. The molecule has 0 atom stereocenters. The number of phenolic OH excluding ortho intramolecular Hbond substituents is 1. The molecule has 0 aliphatic rings. The van der Waals surface area contributed by atoms with Gasteiger partial charge in [0.2, 0.25) is 0 Å². The molecule has 3 aromatic carbocycles. The normalized spacial score (nSPS) is 10.2. The van der Waals surface area contributed by atoms with Crippen LogP contribution in [0.4, 0.5) is 11.4 Å². The van der Waals surface area contributed by atoms with Crippen molar-refractivity contribution in [2.45, 2.75) is 54.0 Å². The zero-order valence-corrected chi connectivity index (χ0v) is 31.3. The van der Waals surface area contributed by atoms with Crippen LogP contribution in [-0.4, -0.2) is 26.8 Å². The molecule has 9 heteroatoms. The van der Waals surface area contributed by atoms with E-state index in [1.807, 2.05) is 68.4 Å². The molecule has 5 aromatic rings. The molecule has 0 fully saturated rings. The van der Waals surface area contributed by atoms with Crippen LogP contribution in [0.15, 0.2) is 96.4 Å². The number of para-hydroxylation sites is 1. The van der Waals surface area contributed by atoms with Gasteiger partial charge in [-0.1, -0.05) is 71.9 Å². The summed E-state index contributed by atoms with van der Waals surface area (Å²) < 4.78 is 7.10. The van der Waals surface area contributed by atoms with Gasteiger partial charge in [0, 0.05) is 70.4 Å². The van der Waals surface area contributed by atoms with Crippen LogP contribution >= 0.6 is 0 Å². The maximum Gasteiger partial charge on any atom is 0.149 e. The molecule has 5 rings (SSSR count). The van der Waals surface area contributed by atoms with Gasteiger partial charge in [-0.15, -0.1) is 6.20 Å². The summed E-state index contributed by atoms with van der Waals surface area (Å²) in [5.74, 6) is 1.64. The largest absolute Gasteiger partial charge is 0.507 e. The summed E-state index contributed by atoms with van der Waals surface area (Å²) in [7, 11) is 1.66. The molecule has 2 aromatic heterocycles.